The second kappa shape index (κ2) is 5.74. The first-order valence-corrected chi connectivity index (χ1v) is 7.73. The summed E-state index contributed by atoms with van der Waals surface area (Å²) in [6, 6.07) is 11.3. The number of aromatic nitrogens is 1. The summed E-state index contributed by atoms with van der Waals surface area (Å²) in [5, 5.41) is 1.92. The zero-order valence-electron chi connectivity index (χ0n) is 14.5. The minimum atomic E-state index is -0.586. The number of hydrogen-bond acceptors (Lipinski definition) is 4. The molecule has 24 heavy (non-hydrogen) atoms. The summed E-state index contributed by atoms with van der Waals surface area (Å²) in [6.45, 7) is 5.54. The SMILES string of the molecule is COc1ccc2c3ccc(OC)cc3n(C(=O)OC(C)(C)C)c2c1. The molecule has 0 unspecified atom stereocenters. The highest BCUT2D eigenvalue weighted by atomic mass is 16.6. The molecule has 126 valence electrons. The fourth-order valence-electron chi connectivity index (χ4n) is 2.74. The zero-order chi connectivity index (χ0) is 17.5. The molecule has 0 saturated carbocycles. The van der Waals surface area contributed by atoms with Gasteiger partial charge in [0.2, 0.25) is 0 Å². The van der Waals surface area contributed by atoms with Crippen LogP contribution in [0.2, 0.25) is 0 Å². The van der Waals surface area contributed by atoms with Gasteiger partial charge in [-0.1, -0.05) is 0 Å². The maximum Gasteiger partial charge on any atom is 0.419 e. The van der Waals surface area contributed by atoms with Gasteiger partial charge in [0.05, 0.1) is 25.3 Å². The molecule has 3 rings (SSSR count). The number of methoxy groups -OCH3 is 2. The molecular weight excluding hydrogens is 306 g/mol. The van der Waals surface area contributed by atoms with Crippen LogP contribution in [-0.2, 0) is 4.74 Å². The van der Waals surface area contributed by atoms with Gasteiger partial charge < -0.3 is 14.2 Å². The molecule has 0 radical (unpaired) electrons. The van der Waals surface area contributed by atoms with Crippen molar-refractivity contribution in [3.63, 3.8) is 0 Å². The van der Waals surface area contributed by atoms with Crippen LogP contribution >= 0.6 is 0 Å². The van der Waals surface area contributed by atoms with Gasteiger partial charge in [0.25, 0.3) is 0 Å². The summed E-state index contributed by atoms with van der Waals surface area (Å²) in [4.78, 5) is 12.8. The quantitative estimate of drug-likeness (QED) is 0.690. The molecule has 0 saturated heterocycles. The van der Waals surface area contributed by atoms with E-state index in [1.165, 1.54) is 0 Å². The third kappa shape index (κ3) is 2.77. The first-order valence-electron chi connectivity index (χ1n) is 7.73. The lowest BCUT2D eigenvalue weighted by molar-refractivity contribution is 0.0551. The molecule has 1 aromatic heterocycles. The summed E-state index contributed by atoms with van der Waals surface area (Å²) in [7, 11) is 3.20. The van der Waals surface area contributed by atoms with Crippen LogP contribution in [0.15, 0.2) is 36.4 Å². The number of carbonyl (C=O) groups is 1. The number of rotatable bonds is 2. The molecule has 0 atom stereocenters. The smallest absolute Gasteiger partial charge is 0.419 e. The lowest BCUT2D eigenvalue weighted by Crippen LogP contribution is -2.27. The minimum Gasteiger partial charge on any atom is -0.497 e. The molecule has 0 aliphatic heterocycles. The predicted octanol–water partition coefficient (Wildman–Crippen LogP) is 4.59. The normalized spacial score (nSPS) is 11.7. The molecule has 0 N–H and O–H groups in total. The Balaban J connectivity index is 2.33. The highest BCUT2D eigenvalue weighted by Crippen LogP contribution is 2.34. The molecule has 3 aromatic rings. The second-order valence-electron chi connectivity index (χ2n) is 6.58. The average molecular weight is 327 g/mol. The van der Waals surface area contributed by atoms with Crippen molar-refractivity contribution in [2.24, 2.45) is 0 Å². The van der Waals surface area contributed by atoms with Gasteiger partial charge in [-0.3, -0.25) is 0 Å². The molecule has 5 heteroatoms. The Labute approximate surface area is 140 Å². The van der Waals surface area contributed by atoms with E-state index in [1.54, 1.807) is 18.8 Å². The van der Waals surface area contributed by atoms with Crippen molar-refractivity contribution in [3.05, 3.63) is 36.4 Å². The van der Waals surface area contributed by atoms with Crippen molar-refractivity contribution in [1.82, 2.24) is 4.57 Å². The Hall–Kier alpha value is -2.69. The highest BCUT2D eigenvalue weighted by molar-refractivity contribution is 6.13. The third-order valence-corrected chi connectivity index (χ3v) is 3.76. The summed E-state index contributed by atoms with van der Waals surface area (Å²) in [5.41, 5.74) is 0.899. The maximum atomic E-state index is 12.8. The van der Waals surface area contributed by atoms with E-state index >= 15 is 0 Å². The average Bonchev–Trinajstić information content (AvgIpc) is 2.85. The van der Waals surface area contributed by atoms with Crippen molar-refractivity contribution < 1.29 is 19.0 Å². The van der Waals surface area contributed by atoms with E-state index in [9.17, 15) is 4.79 Å². The molecule has 0 fully saturated rings. The standard InChI is InChI=1S/C19H21NO4/c1-19(2,3)24-18(21)20-16-10-12(22-4)6-8-14(16)15-9-7-13(23-5)11-17(15)20/h6-11H,1-5H3. The van der Waals surface area contributed by atoms with Crippen LogP contribution in [0.4, 0.5) is 4.79 Å². The zero-order valence-corrected chi connectivity index (χ0v) is 14.5. The van der Waals surface area contributed by atoms with Crippen molar-refractivity contribution in [2.45, 2.75) is 26.4 Å². The van der Waals surface area contributed by atoms with Crippen LogP contribution < -0.4 is 9.47 Å². The molecule has 0 aliphatic carbocycles. The molecule has 0 amide bonds. The Bertz CT molecular complexity index is 857. The van der Waals surface area contributed by atoms with Crippen LogP contribution in [0.1, 0.15) is 20.8 Å². The lowest BCUT2D eigenvalue weighted by atomic mass is 10.1. The Morgan fingerprint density at radius 1 is 0.875 bits per heavy atom. The van der Waals surface area contributed by atoms with E-state index in [2.05, 4.69) is 0 Å². The van der Waals surface area contributed by atoms with Crippen molar-refractivity contribution in [3.8, 4) is 11.5 Å². The maximum absolute atomic E-state index is 12.8. The monoisotopic (exact) mass is 327 g/mol. The number of benzene rings is 2. The van der Waals surface area contributed by atoms with Gasteiger partial charge in [-0.2, -0.15) is 0 Å². The van der Waals surface area contributed by atoms with Crippen LogP contribution in [0.25, 0.3) is 21.8 Å². The van der Waals surface area contributed by atoms with Crippen molar-refractivity contribution >= 4 is 27.9 Å². The summed E-state index contributed by atoms with van der Waals surface area (Å²) in [5.74, 6) is 1.36. The largest absolute Gasteiger partial charge is 0.497 e. The van der Waals surface area contributed by atoms with E-state index in [-0.39, 0.29) is 0 Å². The number of fused-ring (bicyclic) bond motifs is 3. The number of ether oxygens (including phenoxy) is 3. The second-order valence-corrected chi connectivity index (χ2v) is 6.58. The van der Waals surface area contributed by atoms with E-state index in [0.29, 0.717) is 11.5 Å². The molecule has 0 aliphatic rings. The fourth-order valence-corrected chi connectivity index (χ4v) is 2.74. The van der Waals surface area contributed by atoms with Crippen molar-refractivity contribution in [2.75, 3.05) is 14.2 Å². The van der Waals surface area contributed by atoms with Gasteiger partial charge in [-0.25, -0.2) is 9.36 Å². The van der Waals surface area contributed by atoms with Gasteiger partial charge in [-0.05, 0) is 45.0 Å². The molecule has 2 aromatic carbocycles. The molecule has 5 nitrogen and oxygen atoms in total. The number of carbonyl (C=O) groups excluding carboxylic acids is 1. The summed E-state index contributed by atoms with van der Waals surface area (Å²) in [6.07, 6.45) is -0.427. The van der Waals surface area contributed by atoms with Gasteiger partial charge in [0.15, 0.2) is 0 Å². The third-order valence-electron chi connectivity index (χ3n) is 3.76. The Morgan fingerprint density at radius 2 is 1.33 bits per heavy atom. The van der Waals surface area contributed by atoms with Gasteiger partial charge >= 0.3 is 6.09 Å². The van der Waals surface area contributed by atoms with E-state index < -0.39 is 11.7 Å². The Morgan fingerprint density at radius 3 is 1.71 bits per heavy atom. The topological polar surface area (TPSA) is 49.7 Å². The van der Waals surface area contributed by atoms with Gasteiger partial charge in [0.1, 0.15) is 17.1 Å². The van der Waals surface area contributed by atoms with Crippen LogP contribution in [0, 0.1) is 0 Å². The predicted molar refractivity (Wildman–Crippen MR) is 94.2 cm³/mol. The summed E-state index contributed by atoms with van der Waals surface area (Å²) >= 11 is 0. The highest BCUT2D eigenvalue weighted by Gasteiger charge is 2.23. The number of nitrogens with zero attached hydrogens (tertiary/aromatic N) is 1. The van der Waals surface area contributed by atoms with Gasteiger partial charge in [-0.15, -0.1) is 0 Å². The molecule has 0 bridgehead atoms. The number of hydrogen-bond donors (Lipinski definition) is 0. The Kier molecular flexibility index (Phi) is 3.87. The van der Waals surface area contributed by atoms with E-state index in [4.69, 9.17) is 14.2 Å². The lowest BCUT2D eigenvalue weighted by Gasteiger charge is -2.20. The summed E-state index contributed by atoms with van der Waals surface area (Å²) < 4.78 is 17.8. The van der Waals surface area contributed by atoms with Gasteiger partial charge in [0, 0.05) is 22.9 Å². The van der Waals surface area contributed by atoms with Crippen LogP contribution in [0.3, 0.4) is 0 Å². The molecular formula is C19H21NO4. The fraction of sp³-hybridized carbons (Fsp3) is 0.316. The van der Waals surface area contributed by atoms with Crippen LogP contribution in [-0.4, -0.2) is 30.5 Å². The first kappa shape index (κ1) is 16.2. The van der Waals surface area contributed by atoms with E-state index in [0.717, 1.165) is 21.8 Å². The molecule has 0 spiro atoms. The molecule has 1 heterocycles. The minimum absolute atomic E-state index is 0.427. The van der Waals surface area contributed by atoms with E-state index in [1.807, 2.05) is 57.2 Å². The first-order chi connectivity index (χ1) is 11.3. The van der Waals surface area contributed by atoms with Crippen LogP contribution in [0.5, 0.6) is 11.5 Å². The van der Waals surface area contributed by atoms with Crippen molar-refractivity contribution in [1.29, 1.82) is 0 Å².